The highest BCUT2D eigenvalue weighted by molar-refractivity contribution is 7.10. The lowest BCUT2D eigenvalue weighted by atomic mass is 10.0. The minimum absolute atomic E-state index is 0.358. The van der Waals surface area contributed by atoms with Crippen LogP contribution >= 0.6 is 11.3 Å². The predicted molar refractivity (Wildman–Crippen MR) is 69.9 cm³/mol. The lowest BCUT2D eigenvalue weighted by Gasteiger charge is -2.15. The number of benzene rings is 1. The predicted octanol–water partition coefficient (Wildman–Crippen LogP) is 2.95. The molecule has 1 unspecified atom stereocenters. The van der Waals surface area contributed by atoms with Gasteiger partial charge in [-0.3, -0.25) is 0 Å². The van der Waals surface area contributed by atoms with Gasteiger partial charge >= 0.3 is 0 Å². The van der Waals surface area contributed by atoms with E-state index in [-0.39, 0.29) is 0 Å². The zero-order chi connectivity index (χ0) is 13.1. The first-order valence-corrected chi connectivity index (χ1v) is 6.25. The SMILES string of the molecule is COc1cc(F)c(C(N)c2cccs2)cc1OC. The Bertz CT molecular complexity index is 528. The van der Waals surface area contributed by atoms with E-state index in [1.54, 1.807) is 6.07 Å². The summed E-state index contributed by atoms with van der Waals surface area (Å²) in [6, 6.07) is 6.15. The molecule has 3 nitrogen and oxygen atoms in total. The molecule has 0 bridgehead atoms. The van der Waals surface area contributed by atoms with Crippen molar-refractivity contribution in [3.63, 3.8) is 0 Å². The van der Waals surface area contributed by atoms with E-state index in [1.165, 1.54) is 31.6 Å². The molecule has 5 heteroatoms. The van der Waals surface area contributed by atoms with Gasteiger partial charge in [0.25, 0.3) is 0 Å². The van der Waals surface area contributed by atoms with E-state index in [4.69, 9.17) is 15.2 Å². The van der Waals surface area contributed by atoms with Crippen LogP contribution < -0.4 is 15.2 Å². The Kier molecular flexibility index (Phi) is 3.84. The van der Waals surface area contributed by atoms with Crippen molar-refractivity contribution < 1.29 is 13.9 Å². The molecule has 1 heterocycles. The van der Waals surface area contributed by atoms with Gasteiger partial charge < -0.3 is 15.2 Å². The van der Waals surface area contributed by atoms with Gasteiger partial charge in [-0.05, 0) is 17.5 Å². The molecule has 0 radical (unpaired) electrons. The third-order valence-corrected chi connectivity index (χ3v) is 3.64. The van der Waals surface area contributed by atoms with E-state index in [0.717, 1.165) is 4.88 Å². The first-order valence-electron chi connectivity index (χ1n) is 5.37. The number of rotatable bonds is 4. The Hall–Kier alpha value is -1.59. The number of nitrogens with two attached hydrogens (primary N) is 1. The molecule has 1 atom stereocenters. The average molecular weight is 267 g/mol. The maximum absolute atomic E-state index is 14.0. The molecule has 0 aliphatic carbocycles. The van der Waals surface area contributed by atoms with E-state index in [9.17, 15) is 4.39 Å². The lowest BCUT2D eigenvalue weighted by Crippen LogP contribution is -2.12. The molecule has 0 saturated heterocycles. The summed E-state index contributed by atoms with van der Waals surface area (Å²) >= 11 is 1.49. The molecule has 2 N–H and O–H groups in total. The second kappa shape index (κ2) is 5.37. The zero-order valence-corrected chi connectivity index (χ0v) is 11.0. The second-order valence-electron chi connectivity index (χ2n) is 3.72. The molecular weight excluding hydrogens is 253 g/mol. The molecule has 0 spiro atoms. The van der Waals surface area contributed by atoms with Crippen molar-refractivity contribution in [2.75, 3.05) is 14.2 Å². The Morgan fingerprint density at radius 3 is 2.44 bits per heavy atom. The van der Waals surface area contributed by atoms with Gasteiger partial charge in [0.05, 0.1) is 20.3 Å². The van der Waals surface area contributed by atoms with Crippen LogP contribution in [-0.2, 0) is 0 Å². The lowest BCUT2D eigenvalue weighted by molar-refractivity contribution is 0.351. The monoisotopic (exact) mass is 267 g/mol. The topological polar surface area (TPSA) is 44.5 Å². The fraction of sp³-hybridized carbons (Fsp3) is 0.231. The van der Waals surface area contributed by atoms with Crippen molar-refractivity contribution in [3.05, 3.63) is 45.9 Å². The molecule has 18 heavy (non-hydrogen) atoms. The molecule has 0 fully saturated rings. The molecule has 2 rings (SSSR count). The minimum atomic E-state index is -0.496. The Morgan fingerprint density at radius 1 is 1.22 bits per heavy atom. The fourth-order valence-electron chi connectivity index (χ4n) is 1.73. The van der Waals surface area contributed by atoms with Crippen LogP contribution in [0.2, 0.25) is 0 Å². The van der Waals surface area contributed by atoms with Gasteiger partial charge in [0.2, 0.25) is 0 Å². The van der Waals surface area contributed by atoms with E-state index in [0.29, 0.717) is 17.1 Å². The van der Waals surface area contributed by atoms with Gasteiger partial charge in [-0.15, -0.1) is 11.3 Å². The van der Waals surface area contributed by atoms with Gasteiger partial charge in [-0.25, -0.2) is 4.39 Å². The summed E-state index contributed by atoms with van der Waals surface area (Å²) in [7, 11) is 2.98. The summed E-state index contributed by atoms with van der Waals surface area (Å²) in [5, 5.41) is 1.91. The number of methoxy groups -OCH3 is 2. The second-order valence-corrected chi connectivity index (χ2v) is 4.70. The summed E-state index contributed by atoms with van der Waals surface area (Å²) in [4.78, 5) is 0.904. The van der Waals surface area contributed by atoms with E-state index in [1.807, 2.05) is 17.5 Å². The van der Waals surface area contributed by atoms with Gasteiger partial charge in [0.15, 0.2) is 11.5 Å². The third-order valence-electron chi connectivity index (χ3n) is 2.69. The van der Waals surface area contributed by atoms with Gasteiger partial charge in [0, 0.05) is 16.5 Å². The molecule has 0 amide bonds. The van der Waals surface area contributed by atoms with E-state index < -0.39 is 11.9 Å². The molecule has 1 aromatic heterocycles. The van der Waals surface area contributed by atoms with Crippen molar-refractivity contribution in [2.24, 2.45) is 5.73 Å². The van der Waals surface area contributed by atoms with Crippen molar-refractivity contribution >= 4 is 11.3 Å². The number of hydrogen-bond acceptors (Lipinski definition) is 4. The minimum Gasteiger partial charge on any atom is -0.493 e. The van der Waals surface area contributed by atoms with Crippen molar-refractivity contribution in [2.45, 2.75) is 6.04 Å². The Balaban J connectivity index is 2.45. The van der Waals surface area contributed by atoms with Crippen LogP contribution in [0.4, 0.5) is 4.39 Å². The van der Waals surface area contributed by atoms with Gasteiger partial charge in [-0.2, -0.15) is 0 Å². The van der Waals surface area contributed by atoms with Gasteiger partial charge in [-0.1, -0.05) is 6.07 Å². The standard InChI is InChI=1S/C13H14FNO2S/c1-16-10-6-8(9(14)7-11(10)17-2)13(15)12-4-3-5-18-12/h3-7,13H,15H2,1-2H3. The average Bonchev–Trinajstić information content (AvgIpc) is 2.91. The molecule has 0 saturated carbocycles. The smallest absolute Gasteiger partial charge is 0.163 e. The quantitative estimate of drug-likeness (QED) is 0.926. The third kappa shape index (κ3) is 2.32. The molecule has 1 aromatic carbocycles. The normalized spacial score (nSPS) is 12.2. The highest BCUT2D eigenvalue weighted by atomic mass is 32.1. The molecular formula is C13H14FNO2S. The van der Waals surface area contributed by atoms with Gasteiger partial charge in [0.1, 0.15) is 5.82 Å². The number of hydrogen-bond donors (Lipinski definition) is 1. The van der Waals surface area contributed by atoms with Crippen LogP contribution in [0.15, 0.2) is 29.6 Å². The highest BCUT2D eigenvalue weighted by Crippen LogP contribution is 2.34. The first-order chi connectivity index (χ1) is 8.67. The zero-order valence-electron chi connectivity index (χ0n) is 10.1. The Morgan fingerprint density at radius 2 is 1.89 bits per heavy atom. The molecule has 96 valence electrons. The van der Waals surface area contributed by atoms with Crippen LogP contribution in [0.3, 0.4) is 0 Å². The molecule has 0 aliphatic rings. The van der Waals surface area contributed by atoms with E-state index in [2.05, 4.69) is 0 Å². The summed E-state index contributed by atoms with van der Waals surface area (Å²) in [6.07, 6.45) is 0. The maximum Gasteiger partial charge on any atom is 0.163 e. The van der Waals surface area contributed by atoms with Crippen LogP contribution in [0.1, 0.15) is 16.5 Å². The highest BCUT2D eigenvalue weighted by Gasteiger charge is 2.18. The maximum atomic E-state index is 14.0. The molecule has 0 aliphatic heterocycles. The van der Waals surface area contributed by atoms with Crippen molar-refractivity contribution in [1.82, 2.24) is 0 Å². The molecule has 2 aromatic rings. The summed E-state index contributed by atoms with van der Waals surface area (Å²) in [6.45, 7) is 0. The first kappa shape index (κ1) is 12.9. The fourth-order valence-corrected chi connectivity index (χ4v) is 2.47. The number of thiophene rings is 1. The van der Waals surface area contributed by atoms with E-state index >= 15 is 0 Å². The summed E-state index contributed by atoms with van der Waals surface area (Å²) in [5.74, 6) is 0.437. The summed E-state index contributed by atoms with van der Waals surface area (Å²) in [5.41, 5.74) is 6.45. The van der Waals surface area contributed by atoms with Crippen LogP contribution in [-0.4, -0.2) is 14.2 Å². The largest absolute Gasteiger partial charge is 0.493 e. The van der Waals surface area contributed by atoms with Crippen LogP contribution in [0.5, 0.6) is 11.5 Å². The van der Waals surface area contributed by atoms with Crippen molar-refractivity contribution in [3.8, 4) is 11.5 Å². The van der Waals surface area contributed by atoms with Crippen LogP contribution in [0.25, 0.3) is 0 Å². The number of ether oxygens (including phenoxy) is 2. The summed E-state index contributed by atoms with van der Waals surface area (Å²) < 4.78 is 24.2. The number of halogens is 1. The Labute approximate surface area is 109 Å². The van der Waals surface area contributed by atoms with Crippen molar-refractivity contribution in [1.29, 1.82) is 0 Å². The van der Waals surface area contributed by atoms with Crippen LogP contribution in [0, 0.1) is 5.82 Å².